The summed E-state index contributed by atoms with van der Waals surface area (Å²) in [5.41, 5.74) is 1.24. The standard InChI is InChI=1S/C12H18INO/c1-10(2)14-7-8-15-9-11-3-5-12(13)6-4-11/h3-6,10,14H,7-9H2,1-2H3. The first kappa shape index (κ1) is 12.9. The van der Waals surface area contributed by atoms with Crippen molar-refractivity contribution in [3.63, 3.8) is 0 Å². The van der Waals surface area contributed by atoms with Crippen molar-refractivity contribution in [3.05, 3.63) is 33.4 Å². The molecule has 3 heteroatoms. The molecule has 0 aromatic heterocycles. The largest absolute Gasteiger partial charge is 0.375 e. The molecular weight excluding hydrogens is 301 g/mol. The summed E-state index contributed by atoms with van der Waals surface area (Å²) in [6, 6.07) is 8.96. The minimum absolute atomic E-state index is 0.534. The second kappa shape index (κ2) is 7.19. The first-order valence-corrected chi connectivity index (χ1v) is 6.32. The Morgan fingerprint density at radius 2 is 1.93 bits per heavy atom. The molecule has 0 saturated carbocycles. The van der Waals surface area contributed by atoms with Gasteiger partial charge in [0.15, 0.2) is 0 Å². The second-order valence-electron chi connectivity index (χ2n) is 3.79. The molecule has 0 saturated heterocycles. The highest BCUT2D eigenvalue weighted by molar-refractivity contribution is 14.1. The predicted octanol–water partition coefficient (Wildman–Crippen LogP) is 2.81. The summed E-state index contributed by atoms with van der Waals surface area (Å²) in [7, 11) is 0. The Labute approximate surface area is 106 Å². The van der Waals surface area contributed by atoms with Crippen LogP contribution in [0.5, 0.6) is 0 Å². The molecule has 0 aliphatic heterocycles. The Morgan fingerprint density at radius 1 is 1.27 bits per heavy atom. The van der Waals surface area contributed by atoms with Crippen LogP contribution in [-0.4, -0.2) is 19.2 Å². The Bertz CT molecular complexity index is 271. The Hall–Kier alpha value is -0.130. The zero-order valence-corrected chi connectivity index (χ0v) is 11.5. The van der Waals surface area contributed by atoms with Crippen molar-refractivity contribution in [1.82, 2.24) is 5.32 Å². The first-order valence-electron chi connectivity index (χ1n) is 5.24. The summed E-state index contributed by atoms with van der Waals surface area (Å²) in [5.74, 6) is 0. The zero-order valence-electron chi connectivity index (χ0n) is 9.29. The van der Waals surface area contributed by atoms with Crippen LogP contribution in [-0.2, 0) is 11.3 Å². The summed E-state index contributed by atoms with van der Waals surface area (Å²) >= 11 is 2.30. The van der Waals surface area contributed by atoms with Crippen LogP contribution in [0.1, 0.15) is 19.4 Å². The lowest BCUT2D eigenvalue weighted by Crippen LogP contribution is -2.26. The topological polar surface area (TPSA) is 21.3 Å². The van der Waals surface area contributed by atoms with Crippen molar-refractivity contribution in [3.8, 4) is 0 Å². The van der Waals surface area contributed by atoms with Crippen LogP contribution in [0.4, 0.5) is 0 Å². The predicted molar refractivity (Wildman–Crippen MR) is 72.0 cm³/mol. The van der Waals surface area contributed by atoms with Gasteiger partial charge in [-0.1, -0.05) is 26.0 Å². The maximum Gasteiger partial charge on any atom is 0.0717 e. The smallest absolute Gasteiger partial charge is 0.0717 e. The molecule has 84 valence electrons. The monoisotopic (exact) mass is 319 g/mol. The third-order valence-electron chi connectivity index (χ3n) is 1.98. The van der Waals surface area contributed by atoms with Crippen LogP contribution in [0.15, 0.2) is 24.3 Å². The fraction of sp³-hybridized carbons (Fsp3) is 0.500. The van der Waals surface area contributed by atoms with Gasteiger partial charge in [-0.3, -0.25) is 0 Å². The van der Waals surface area contributed by atoms with Crippen LogP contribution in [0.25, 0.3) is 0 Å². The van der Waals surface area contributed by atoms with Crippen molar-refractivity contribution in [1.29, 1.82) is 0 Å². The summed E-state index contributed by atoms with van der Waals surface area (Å²) in [6.45, 7) is 6.67. The van der Waals surface area contributed by atoms with Gasteiger partial charge in [-0.2, -0.15) is 0 Å². The third kappa shape index (κ3) is 6.12. The maximum absolute atomic E-state index is 5.55. The van der Waals surface area contributed by atoms with Gasteiger partial charge in [0.05, 0.1) is 13.2 Å². The minimum atomic E-state index is 0.534. The Balaban J connectivity index is 2.12. The van der Waals surface area contributed by atoms with Crippen LogP contribution in [0, 0.1) is 3.57 Å². The van der Waals surface area contributed by atoms with Crippen LogP contribution in [0.3, 0.4) is 0 Å². The first-order chi connectivity index (χ1) is 7.18. The zero-order chi connectivity index (χ0) is 11.1. The molecule has 0 aliphatic rings. The number of halogens is 1. The normalized spacial score (nSPS) is 10.9. The van der Waals surface area contributed by atoms with E-state index in [0.717, 1.165) is 13.2 Å². The number of nitrogens with one attached hydrogen (secondary N) is 1. The molecule has 0 fully saturated rings. The SMILES string of the molecule is CC(C)NCCOCc1ccc(I)cc1. The average Bonchev–Trinajstić information content (AvgIpc) is 2.20. The Morgan fingerprint density at radius 3 is 2.53 bits per heavy atom. The molecule has 0 atom stereocenters. The number of hydrogen-bond donors (Lipinski definition) is 1. The number of ether oxygens (including phenoxy) is 1. The van der Waals surface area contributed by atoms with Crippen molar-refractivity contribution in [2.45, 2.75) is 26.5 Å². The highest BCUT2D eigenvalue weighted by Crippen LogP contribution is 2.07. The van der Waals surface area contributed by atoms with Gasteiger partial charge in [0.2, 0.25) is 0 Å². The third-order valence-corrected chi connectivity index (χ3v) is 2.70. The molecule has 1 N–H and O–H groups in total. The van der Waals surface area contributed by atoms with E-state index in [1.54, 1.807) is 0 Å². The number of benzene rings is 1. The fourth-order valence-corrected chi connectivity index (χ4v) is 1.55. The maximum atomic E-state index is 5.55. The molecule has 0 aliphatic carbocycles. The van der Waals surface area contributed by atoms with Gasteiger partial charge in [-0.15, -0.1) is 0 Å². The minimum Gasteiger partial charge on any atom is -0.375 e. The van der Waals surface area contributed by atoms with E-state index >= 15 is 0 Å². The number of rotatable bonds is 6. The van der Waals surface area contributed by atoms with E-state index in [9.17, 15) is 0 Å². The van der Waals surface area contributed by atoms with E-state index in [-0.39, 0.29) is 0 Å². The molecular formula is C12H18INO. The highest BCUT2D eigenvalue weighted by Gasteiger charge is 1.94. The molecule has 1 aromatic carbocycles. The highest BCUT2D eigenvalue weighted by atomic mass is 127. The molecule has 0 radical (unpaired) electrons. The lowest BCUT2D eigenvalue weighted by atomic mass is 10.2. The van der Waals surface area contributed by atoms with E-state index in [0.29, 0.717) is 12.6 Å². The lowest BCUT2D eigenvalue weighted by Gasteiger charge is -2.08. The van der Waals surface area contributed by atoms with E-state index in [2.05, 4.69) is 66.0 Å². The van der Waals surface area contributed by atoms with Crippen molar-refractivity contribution < 1.29 is 4.74 Å². The van der Waals surface area contributed by atoms with Gasteiger partial charge in [0, 0.05) is 16.2 Å². The summed E-state index contributed by atoms with van der Waals surface area (Å²) < 4.78 is 6.81. The molecule has 1 aromatic rings. The summed E-state index contributed by atoms with van der Waals surface area (Å²) in [4.78, 5) is 0. The lowest BCUT2D eigenvalue weighted by molar-refractivity contribution is 0.121. The van der Waals surface area contributed by atoms with Gasteiger partial charge in [0.25, 0.3) is 0 Å². The van der Waals surface area contributed by atoms with Gasteiger partial charge in [0.1, 0.15) is 0 Å². The van der Waals surface area contributed by atoms with Gasteiger partial charge >= 0.3 is 0 Å². The molecule has 0 amide bonds. The molecule has 2 nitrogen and oxygen atoms in total. The van der Waals surface area contributed by atoms with Crippen molar-refractivity contribution in [2.24, 2.45) is 0 Å². The van der Waals surface area contributed by atoms with Crippen molar-refractivity contribution in [2.75, 3.05) is 13.2 Å². The van der Waals surface area contributed by atoms with E-state index in [4.69, 9.17) is 4.74 Å². The molecule has 0 bridgehead atoms. The van der Waals surface area contributed by atoms with Gasteiger partial charge < -0.3 is 10.1 Å². The second-order valence-corrected chi connectivity index (χ2v) is 5.03. The number of hydrogen-bond acceptors (Lipinski definition) is 2. The van der Waals surface area contributed by atoms with E-state index < -0.39 is 0 Å². The summed E-state index contributed by atoms with van der Waals surface area (Å²) in [6.07, 6.45) is 0. The van der Waals surface area contributed by atoms with Crippen molar-refractivity contribution >= 4 is 22.6 Å². The van der Waals surface area contributed by atoms with E-state index in [1.165, 1.54) is 9.13 Å². The quantitative estimate of drug-likeness (QED) is 0.643. The van der Waals surface area contributed by atoms with Gasteiger partial charge in [-0.25, -0.2) is 0 Å². The summed E-state index contributed by atoms with van der Waals surface area (Å²) in [5, 5.41) is 3.31. The molecule has 1 rings (SSSR count). The van der Waals surface area contributed by atoms with Crippen LogP contribution in [0.2, 0.25) is 0 Å². The molecule has 0 unspecified atom stereocenters. The van der Waals surface area contributed by atoms with Crippen LogP contribution >= 0.6 is 22.6 Å². The fourth-order valence-electron chi connectivity index (χ4n) is 1.19. The Kier molecular flexibility index (Phi) is 6.20. The average molecular weight is 319 g/mol. The molecule has 0 spiro atoms. The molecule has 0 heterocycles. The van der Waals surface area contributed by atoms with Crippen LogP contribution < -0.4 is 5.32 Å². The van der Waals surface area contributed by atoms with E-state index in [1.807, 2.05) is 0 Å². The van der Waals surface area contributed by atoms with Gasteiger partial charge in [-0.05, 0) is 40.3 Å². The molecule has 15 heavy (non-hydrogen) atoms.